The Morgan fingerprint density at radius 2 is 1.74 bits per heavy atom. The molecule has 2 aromatic rings. The fourth-order valence-electron chi connectivity index (χ4n) is 3.01. The SMILES string of the molecule is Cc1cccc(NC(=O)CSc2ccc(S(=O)(=O)N3CCCC3)cc2)c1C. The summed E-state index contributed by atoms with van der Waals surface area (Å²) in [5.74, 6) is 0.188. The Bertz CT molecular complexity index is 919. The zero-order valence-electron chi connectivity index (χ0n) is 15.6. The fourth-order valence-corrected chi connectivity index (χ4v) is 5.22. The molecule has 7 heteroatoms. The van der Waals surface area contributed by atoms with Crippen LogP contribution in [0.25, 0.3) is 0 Å². The number of hydrogen-bond donors (Lipinski definition) is 1. The maximum atomic E-state index is 12.5. The lowest BCUT2D eigenvalue weighted by atomic mass is 10.1. The molecule has 5 nitrogen and oxygen atoms in total. The molecule has 1 aliphatic rings. The zero-order chi connectivity index (χ0) is 19.4. The van der Waals surface area contributed by atoms with Crippen molar-refractivity contribution in [3.05, 3.63) is 53.6 Å². The number of sulfonamides is 1. The van der Waals surface area contributed by atoms with Gasteiger partial charge in [0.05, 0.1) is 10.6 Å². The predicted octanol–water partition coefficient (Wildman–Crippen LogP) is 3.82. The van der Waals surface area contributed by atoms with Crippen LogP contribution in [0.3, 0.4) is 0 Å². The Morgan fingerprint density at radius 1 is 1.07 bits per heavy atom. The Balaban J connectivity index is 1.58. The van der Waals surface area contributed by atoms with Gasteiger partial charge in [0.25, 0.3) is 0 Å². The largest absolute Gasteiger partial charge is 0.325 e. The maximum Gasteiger partial charge on any atom is 0.243 e. The second-order valence-corrected chi connectivity index (χ2v) is 9.65. The monoisotopic (exact) mass is 404 g/mol. The third-order valence-electron chi connectivity index (χ3n) is 4.78. The minimum absolute atomic E-state index is 0.0811. The number of nitrogens with zero attached hydrogens (tertiary/aromatic N) is 1. The first kappa shape index (κ1) is 19.9. The van der Waals surface area contributed by atoms with Crippen LogP contribution in [0.5, 0.6) is 0 Å². The first-order valence-corrected chi connectivity index (χ1v) is 11.4. The molecule has 144 valence electrons. The van der Waals surface area contributed by atoms with Crippen LogP contribution in [0.4, 0.5) is 5.69 Å². The van der Waals surface area contributed by atoms with Gasteiger partial charge >= 0.3 is 0 Å². The quantitative estimate of drug-likeness (QED) is 0.744. The van der Waals surface area contributed by atoms with Crippen LogP contribution < -0.4 is 5.32 Å². The third-order valence-corrected chi connectivity index (χ3v) is 7.70. The molecule has 0 spiro atoms. The van der Waals surface area contributed by atoms with E-state index in [1.165, 1.54) is 16.1 Å². The van der Waals surface area contributed by atoms with Gasteiger partial charge in [-0.25, -0.2) is 8.42 Å². The van der Waals surface area contributed by atoms with Crippen molar-refractivity contribution in [2.24, 2.45) is 0 Å². The van der Waals surface area contributed by atoms with E-state index in [0.717, 1.165) is 34.6 Å². The molecule has 0 saturated carbocycles. The van der Waals surface area contributed by atoms with Gasteiger partial charge in [-0.05, 0) is 68.1 Å². The van der Waals surface area contributed by atoms with Crippen LogP contribution in [-0.2, 0) is 14.8 Å². The minimum atomic E-state index is -3.39. The van der Waals surface area contributed by atoms with Crippen molar-refractivity contribution in [2.75, 3.05) is 24.2 Å². The van der Waals surface area contributed by atoms with E-state index in [1.807, 2.05) is 32.0 Å². The number of carbonyl (C=O) groups is 1. The lowest BCUT2D eigenvalue weighted by molar-refractivity contribution is -0.113. The molecule has 0 aromatic heterocycles. The molecular formula is C20H24N2O3S2. The normalized spacial score (nSPS) is 15.0. The molecule has 27 heavy (non-hydrogen) atoms. The molecule has 1 N–H and O–H groups in total. The summed E-state index contributed by atoms with van der Waals surface area (Å²) >= 11 is 1.39. The van der Waals surface area contributed by atoms with E-state index in [9.17, 15) is 13.2 Å². The number of thioether (sulfide) groups is 1. The second-order valence-electron chi connectivity index (χ2n) is 6.67. The van der Waals surface area contributed by atoms with Gasteiger partial charge in [0.1, 0.15) is 0 Å². The standard InChI is InChI=1S/C20H24N2O3S2/c1-15-6-5-7-19(16(15)2)21-20(23)14-26-17-8-10-18(11-9-17)27(24,25)22-12-3-4-13-22/h5-11H,3-4,12-14H2,1-2H3,(H,21,23). The fraction of sp³-hybridized carbons (Fsp3) is 0.350. The molecule has 0 bridgehead atoms. The topological polar surface area (TPSA) is 66.5 Å². The number of aryl methyl sites for hydroxylation is 1. The number of amides is 1. The van der Waals surface area contributed by atoms with Gasteiger partial charge in [-0.15, -0.1) is 11.8 Å². The Hall–Kier alpha value is -1.83. The summed E-state index contributed by atoms with van der Waals surface area (Å²) in [4.78, 5) is 13.4. The van der Waals surface area contributed by atoms with E-state index in [0.29, 0.717) is 18.0 Å². The number of carbonyl (C=O) groups excluding carboxylic acids is 1. The number of hydrogen-bond acceptors (Lipinski definition) is 4. The number of nitrogens with one attached hydrogen (secondary N) is 1. The second kappa shape index (κ2) is 8.46. The number of anilines is 1. The molecule has 0 unspecified atom stereocenters. The lowest BCUT2D eigenvalue weighted by Gasteiger charge is -2.15. The summed E-state index contributed by atoms with van der Waals surface area (Å²) in [6, 6.07) is 12.6. The Kier molecular flexibility index (Phi) is 6.24. The molecule has 0 radical (unpaired) electrons. The molecule has 1 fully saturated rings. The van der Waals surface area contributed by atoms with E-state index in [-0.39, 0.29) is 11.7 Å². The van der Waals surface area contributed by atoms with E-state index in [4.69, 9.17) is 0 Å². The van der Waals surface area contributed by atoms with Gasteiger partial charge in [0.15, 0.2) is 0 Å². The molecule has 1 amide bonds. The highest BCUT2D eigenvalue weighted by atomic mass is 32.2. The van der Waals surface area contributed by atoms with E-state index < -0.39 is 10.0 Å². The van der Waals surface area contributed by atoms with E-state index in [1.54, 1.807) is 24.3 Å². The van der Waals surface area contributed by atoms with Crippen molar-refractivity contribution in [1.82, 2.24) is 4.31 Å². The molecule has 1 heterocycles. The van der Waals surface area contributed by atoms with Gasteiger partial charge < -0.3 is 5.32 Å². The van der Waals surface area contributed by atoms with Gasteiger partial charge in [-0.2, -0.15) is 4.31 Å². The van der Waals surface area contributed by atoms with E-state index >= 15 is 0 Å². The summed E-state index contributed by atoms with van der Waals surface area (Å²) in [5.41, 5.74) is 3.02. The van der Waals surface area contributed by atoms with Crippen molar-refractivity contribution < 1.29 is 13.2 Å². The van der Waals surface area contributed by atoms with E-state index in [2.05, 4.69) is 5.32 Å². The first-order valence-electron chi connectivity index (χ1n) is 8.97. The van der Waals surface area contributed by atoms with Crippen molar-refractivity contribution in [3.8, 4) is 0 Å². The third kappa shape index (κ3) is 4.72. The van der Waals surface area contributed by atoms with Crippen molar-refractivity contribution in [1.29, 1.82) is 0 Å². The Morgan fingerprint density at radius 3 is 2.41 bits per heavy atom. The minimum Gasteiger partial charge on any atom is -0.325 e. The van der Waals surface area contributed by atoms with Crippen LogP contribution in [0.15, 0.2) is 52.3 Å². The average Bonchev–Trinajstić information content (AvgIpc) is 3.20. The predicted molar refractivity (Wildman–Crippen MR) is 110 cm³/mol. The van der Waals surface area contributed by atoms with Gasteiger partial charge in [0.2, 0.25) is 15.9 Å². The van der Waals surface area contributed by atoms with Crippen LogP contribution in [0, 0.1) is 13.8 Å². The smallest absolute Gasteiger partial charge is 0.243 e. The summed E-state index contributed by atoms with van der Waals surface area (Å²) in [6.45, 7) is 5.18. The summed E-state index contributed by atoms with van der Waals surface area (Å²) < 4.78 is 26.6. The van der Waals surface area contributed by atoms with Crippen molar-refractivity contribution >= 4 is 33.4 Å². The maximum absolute atomic E-state index is 12.5. The van der Waals surface area contributed by atoms with Crippen LogP contribution in [0.1, 0.15) is 24.0 Å². The molecule has 0 atom stereocenters. The summed E-state index contributed by atoms with van der Waals surface area (Å²) in [5, 5.41) is 2.93. The average molecular weight is 405 g/mol. The molecular weight excluding hydrogens is 380 g/mol. The highest BCUT2D eigenvalue weighted by Gasteiger charge is 2.26. The van der Waals surface area contributed by atoms with Gasteiger partial charge in [-0.1, -0.05) is 12.1 Å². The van der Waals surface area contributed by atoms with Crippen LogP contribution in [0.2, 0.25) is 0 Å². The Labute approximate surface area is 165 Å². The van der Waals surface area contributed by atoms with Crippen molar-refractivity contribution in [3.63, 3.8) is 0 Å². The number of benzene rings is 2. The van der Waals surface area contributed by atoms with Crippen LogP contribution in [-0.4, -0.2) is 37.5 Å². The lowest BCUT2D eigenvalue weighted by Crippen LogP contribution is -2.27. The summed E-state index contributed by atoms with van der Waals surface area (Å²) in [7, 11) is -3.39. The van der Waals surface area contributed by atoms with Crippen LogP contribution >= 0.6 is 11.8 Å². The first-order chi connectivity index (χ1) is 12.9. The molecule has 1 aliphatic heterocycles. The van der Waals surface area contributed by atoms with Gasteiger partial charge in [-0.3, -0.25) is 4.79 Å². The number of rotatable bonds is 6. The molecule has 0 aliphatic carbocycles. The highest BCUT2D eigenvalue weighted by Crippen LogP contribution is 2.25. The molecule has 2 aromatic carbocycles. The van der Waals surface area contributed by atoms with Gasteiger partial charge in [0, 0.05) is 23.7 Å². The summed E-state index contributed by atoms with van der Waals surface area (Å²) in [6.07, 6.45) is 1.84. The molecule has 3 rings (SSSR count). The van der Waals surface area contributed by atoms with Crippen molar-refractivity contribution in [2.45, 2.75) is 36.5 Å². The molecule has 1 saturated heterocycles. The zero-order valence-corrected chi connectivity index (χ0v) is 17.2. The highest BCUT2D eigenvalue weighted by molar-refractivity contribution is 8.00.